The van der Waals surface area contributed by atoms with Crippen molar-refractivity contribution in [2.75, 3.05) is 25.9 Å². The van der Waals surface area contributed by atoms with Gasteiger partial charge in [0.1, 0.15) is 17.3 Å². The van der Waals surface area contributed by atoms with Gasteiger partial charge in [-0.25, -0.2) is 4.98 Å². The molecule has 0 fully saturated rings. The average molecular weight is 327 g/mol. The van der Waals surface area contributed by atoms with E-state index in [0.29, 0.717) is 12.9 Å². The quantitative estimate of drug-likeness (QED) is 0.774. The molecule has 2 aromatic heterocycles. The molecular weight excluding hydrogens is 306 g/mol. The Labute approximate surface area is 141 Å². The van der Waals surface area contributed by atoms with Gasteiger partial charge in [0.2, 0.25) is 5.88 Å². The van der Waals surface area contributed by atoms with Crippen LogP contribution in [0.5, 0.6) is 5.88 Å². The maximum absolute atomic E-state index is 10.5. The normalized spacial score (nSPS) is 9.38. The second-order valence-electron chi connectivity index (χ2n) is 4.69. The van der Waals surface area contributed by atoms with Gasteiger partial charge in [-0.3, -0.25) is 9.78 Å². The van der Waals surface area contributed by atoms with Crippen LogP contribution in [-0.2, 0) is 6.42 Å². The average Bonchev–Trinajstić information content (AvgIpc) is 2.61. The van der Waals surface area contributed by atoms with Gasteiger partial charge in [0.15, 0.2) is 6.29 Å². The minimum Gasteiger partial charge on any atom is -0.477 e. The zero-order valence-electron chi connectivity index (χ0n) is 13.8. The molecule has 0 atom stereocenters. The number of carbonyl (C=O) groups is 1. The van der Waals surface area contributed by atoms with Crippen molar-refractivity contribution in [3.05, 3.63) is 47.4 Å². The van der Waals surface area contributed by atoms with Gasteiger partial charge in [0.05, 0.1) is 12.3 Å². The number of nitrogens with one attached hydrogen (secondary N) is 1. The summed E-state index contributed by atoms with van der Waals surface area (Å²) in [5, 5.41) is 11.8. The molecule has 3 N–H and O–H groups in total. The number of rotatable bonds is 6. The standard InChI is InChI=1S/C9H9N3O2.C8H12N2/c1-2-14-9-7(4-10)8(11)3-6(5-13)12-9;1-9-5-2-8-3-6-10-7-4-8/h3,5H,2H2,1H3,(H2,11,12);3-4,6-7,9H,2,5H2,1H3. The number of aromatic nitrogens is 2. The zero-order chi connectivity index (χ0) is 17.8. The Balaban J connectivity index is 0.000000254. The summed E-state index contributed by atoms with van der Waals surface area (Å²) in [6.07, 6.45) is 5.29. The van der Waals surface area contributed by atoms with E-state index in [9.17, 15) is 4.79 Å². The summed E-state index contributed by atoms with van der Waals surface area (Å²) < 4.78 is 5.08. The number of aldehydes is 1. The highest BCUT2D eigenvalue weighted by Gasteiger charge is 2.10. The number of nitrogens with two attached hydrogens (primary N) is 1. The Kier molecular flexibility index (Phi) is 8.50. The first kappa shape index (κ1) is 19.1. The summed E-state index contributed by atoms with van der Waals surface area (Å²) in [6.45, 7) is 3.15. The molecule has 0 radical (unpaired) electrons. The smallest absolute Gasteiger partial charge is 0.234 e. The van der Waals surface area contributed by atoms with Crippen molar-refractivity contribution in [1.29, 1.82) is 5.26 Å². The van der Waals surface area contributed by atoms with Gasteiger partial charge in [-0.2, -0.15) is 5.26 Å². The highest BCUT2D eigenvalue weighted by Crippen LogP contribution is 2.21. The van der Waals surface area contributed by atoms with Crippen LogP contribution in [-0.4, -0.2) is 36.5 Å². The molecule has 7 nitrogen and oxygen atoms in total. The molecule has 0 saturated heterocycles. The Morgan fingerprint density at radius 2 is 2.12 bits per heavy atom. The van der Waals surface area contributed by atoms with Crippen molar-refractivity contribution in [2.24, 2.45) is 0 Å². The third kappa shape index (κ3) is 6.02. The molecule has 2 rings (SSSR count). The van der Waals surface area contributed by atoms with Crippen LogP contribution in [0, 0.1) is 11.3 Å². The fourth-order valence-corrected chi connectivity index (χ4v) is 1.79. The van der Waals surface area contributed by atoms with E-state index in [1.165, 1.54) is 11.6 Å². The number of carbonyl (C=O) groups excluding carboxylic acids is 1. The van der Waals surface area contributed by atoms with Crippen molar-refractivity contribution in [1.82, 2.24) is 15.3 Å². The van der Waals surface area contributed by atoms with E-state index in [-0.39, 0.29) is 22.8 Å². The summed E-state index contributed by atoms with van der Waals surface area (Å²) in [6, 6.07) is 7.29. The molecule has 24 heavy (non-hydrogen) atoms. The second kappa shape index (κ2) is 10.7. The lowest BCUT2D eigenvalue weighted by atomic mass is 10.2. The minimum absolute atomic E-state index is 0.108. The molecule has 0 unspecified atom stereocenters. The highest BCUT2D eigenvalue weighted by atomic mass is 16.5. The molecular formula is C17H21N5O2. The first-order chi connectivity index (χ1) is 11.7. The second-order valence-corrected chi connectivity index (χ2v) is 4.69. The summed E-state index contributed by atoms with van der Waals surface area (Å²) in [7, 11) is 1.96. The molecule has 126 valence electrons. The van der Waals surface area contributed by atoms with E-state index in [2.05, 4.69) is 15.3 Å². The Morgan fingerprint density at radius 1 is 1.42 bits per heavy atom. The van der Waals surface area contributed by atoms with Gasteiger partial charge < -0.3 is 15.8 Å². The molecule has 0 aliphatic carbocycles. The number of nitrogens with zero attached hydrogens (tertiary/aromatic N) is 3. The number of likely N-dealkylation sites (N-methyl/N-ethyl adjacent to an activating group) is 1. The third-order valence-corrected chi connectivity index (χ3v) is 2.96. The molecule has 0 aromatic carbocycles. The zero-order valence-corrected chi connectivity index (χ0v) is 13.8. The van der Waals surface area contributed by atoms with Crippen LogP contribution in [0.4, 0.5) is 5.69 Å². The summed E-state index contributed by atoms with van der Waals surface area (Å²) in [4.78, 5) is 18.2. The van der Waals surface area contributed by atoms with Crippen molar-refractivity contribution in [3.8, 4) is 11.9 Å². The van der Waals surface area contributed by atoms with Crippen LogP contribution in [0.25, 0.3) is 0 Å². The number of nitrogen functional groups attached to an aromatic ring is 1. The van der Waals surface area contributed by atoms with Gasteiger partial charge in [-0.15, -0.1) is 0 Å². The number of ether oxygens (including phenoxy) is 1. The molecule has 0 saturated carbocycles. The van der Waals surface area contributed by atoms with Crippen LogP contribution >= 0.6 is 0 Å². The molecule has 0 amide bonds. The molecule has 0 aliphatic heterocycles. The summed E-state index contributed by atoms with van der Waals surface area (Å²) in [5.74, 6) is 0.108. The van der Waals surface area contributed by atoms with Crippen LogP contribution in [0.2, 0.25) is 0 Å². The van der Waals surface area contributed by atoms with Crippen molar-refractivity contribution >= 4 is 12.0 Å². The highest BCUT2D eigenvalue weighted by molar-refractivity contribution is 5.76. The molecule has 2 aromatic rings. The van der Waals surface area contributed by atoms with Gasteiger partial charge in [-0.05, 0) is 50.7 Å². The lowest BCUT2D eigenvalue weighted by molar-refractivity contribution is 0.111. The van der Waals surface area contributed by atoms with Gasteiger partial charge in [0.25, 0.3) is 0 Å². The Bertz CT molecular complexity index is 683. The Morgan fingerprint density at radius 3 is 2.67 bits per heavy atom. The van der Waals surface area contributed by atoms with E-state index in [1.807, 2.05) is 37.6 Å². The number of nitriles is 1. The van der Waals surface area contributed by atoms with Gasteiger partial charge in [0, 0.05) is 12.4 Å². The predicted octanol–water partition coefficient (Wildman–Crippen LogP) is 1.59. The molecule has 7 heteroatoms. The Hall–Kier alpha value is -2.98. The van der Waals surface area contributed by atoms with Crippen molar-refractivity contribution in [2.45, 2.75) is 13.3 Å². The first-order valence-corrected chi connectivity index (χ1v) is 7.48. The SMILES string of the molecule is CCOc1nc(C=O)cc(N)c1C#N.CNCCc1ccncc1. The monoisotopic (exact) mass is 327 g/mol. The number of pyridine rings is 2. The number of anilines is 1. The maximum atomic E-state index is 10.5. The third-order valence-electron chi connectivity index (χ3n) is 2.96. The fourth-order valence-electron chi connectivity index (χ4n) is 1.79. The summed E-state index contributed by atoms with van der Waals surface area (Å²) in [5.41, 5.74) is 7.40. The van der Waals surface area contributed by atoms with Crippen LogP contribution in [0.3, 0.4) is 0 Å². The van der Waals surface area contributed by atoms with Crippen LogP contribution < -0.4 is 15.8 Å². The van der Waals surface area contributed by atoms with Crippen molar-refractivity contribution < 1.29 is 9.53 Å². The molecule has 0 spiro atoms. The molecule has 0 bridgehead atoms. The number of hydrogen-bond donors (Lipinski definition) is 2. The lowest BCUT2D eigenvalue weighted by Crippen LogP contribution is -2.10. The predicted molar refractivity (Wildman–Crippen MR) is 91.8 cm³/mol. The van der Waals surface area contributed by atoms with E-state index in [1.54, 1.807) is 6.92 Å². The van der Waals surface area contributed by atoms with Gasteiger partial charge >= 0.3 is 0 Å². The first-order valence-electron chi connectivity index (χ1n) is 7.48. The van der Waals surface area contributed by atoms with Crippen LogP contribution in [0.15, 0.2) is 30.6 Å². The van der Waals surface area contributed by atoms with E-state index in [4.69, 9.17) is 15.7 Å². The fraction of sp³-hybridized carbons (Fsp3) is 0.294. The van der Waals surface area contributed by atoms with Crippen molar-refractivity contribution in [3.63, 3.8) is 0 Å². The minimum atomic E-state index is 0.108. The maximum Gasteiger partial charge on any atom is 0.234 e. The molecule has 0 aliphatic rings. The topological polar surface area (TPSA) is 114 Å². The van der Waals surface area contributed by atoms with E-state index < -0.39 is 0 Å². The lowest BCUT2D eigenvalue weighted by Gasteiger charge is -2.06. The van der Waals surface area contributed by atoms with E-state index in [0.717, 1.165) is 13.0 Å². The van der Waals surface area contributed by atoms with Crippen LogP contribution in [0.1, 0.15) is 28.5 Å². The molecule has 2 heterocycles. The number of hydrogen-bond acceptors (Lipinski definition) is 7. The van der Waals surface area contributed by atoms with Gasteiger partial charge in [-0.1, -0.05) is 0 Å². The largest absolute Gasteiger partial charge is 0.477 e. The van der Waals surface area contributed by atoms with E-state index >= 15 is 0 Å². The summed E-state index contributed by atoms with van der Waals surface area (Å²) >= 11 is 0.